The van der Waals surface area contributed by atoms with Crippen LogP contribution in [-0.4, -0.2) is 18.2 Å². The zero-order valence-electron chi connectivity index (χ0n) is 10.8. The van der Waals surface area contributed by atoms with Crippen molar-refractivity contribution in [3.63, 3.8) is 0 Å². The van der Waals surface area contributed by atoms with Crippen LogP contribution in [0, 0.1) is 0 Å². The topological polar surface area (TPSA) is 55.8 Å². The molecule has 0 aromatic heterocycles. The summed E-state index contributed by atoms with van der Waals surface area (Å²) in [5.41, 5.74) is 1.08. The Morgan fingerprint density at radius 1 is 1.25 bits per heavy atom. The van der Waals surface area contributed by atoms with E-state index >= 15 is 0 Å². The zero-order valence-corrected chi connectivity index (χ0v) is 12.4. The summed E-state index contributed by atoms with van der Waals surface area (Å²) >= 11 is 3.39. The summed E-state index contributed by atoms with van der Waals surface area (Å²) in [6.07, 6.45) is 0. The van der Waals surface area contributed by atoms with Crippen LogP contribution in [0.25, 0.3) is 0 Å². The molecule has 4 nitrogen and oxygen atoms in total. The molecule has 0 saturated carbocycles. The Hall–Kier alpha value is -2.01. The maximum absolute atomic E-state index is 11.5. The number of carbonyl (C=O) groups is 1. The van der Waals surface area contributed by atoms with E-state index in [0.717, 1.165) is 10.0 Å². The van der Waals surface area contributed by atoms with E-state index in [2.05, 4.69) is 20.7 Å². The Balaban J connectivity index is 2.12. The van der Waals surface area contributed by atoms with Crippen LogP contribution in [-0.2, 0) is 11.3 Å². The molecule has 0 aliphatic carbocycles. The van der Waals surface area contributed by atoms with Crippen LogP contribution in [0.15, 0.2) is 46.9 Å². The third-order valence-corrected chi connectivity index (χ3v) is 3.16. The molecule has 0 saturated heterocycles. The molecule has 0 amide bonds. The summed E-state index contributed by atoms with van der Waals surface area (Å²) in [5, 5.41) is 9.60. The van der Waals surface area contributed by atoms with E-state index < -0.39 is 5.97 Å². The standard InChI is InChI=1S/C15H13BrO4/c1-19-15(18)13-8-12(5-6-14(13)17)20-9-10-3-2-4-11(16)7-10/h2-8,17H,9H2,1H3. The van der Waals surface area contributed by atoms with Gasteiger partial charge in [0.05, 0.1) is 7.11 Å². The normalized spacial score (nSPS) is 10.1. The summed E-state index contributed by atoms with van der Waals surface area (Å²) in [7, 11) is 1.26. The fraction of sp³-hybridized carbons (Fsp3) is 0.133. The van der Waals surface area contributed by atoms with Gasteiger partial charge in [-0.1, -0.05) is 28.1 Å². The highest BCUT2D eigenvalue weighted by molar-refractivity contribution is 9.10. The number of rotatable bonds is 4. The van der Waals surface area contributed by atoms with Crippen LogP contribution >= 0.6 is 15.9 Å². The van der Waals surface area contributed by atoms with E-state index in [1.807, 2.05) is 24.3 Å². The minimum atomic E-state index is -0.601. The molecule has 0 aliphatic heterocycles. The largest absolute Gasteiger partial charge is 0.507 e. The molecule has 0 atom stereocenters. The summed E-state index contributed by atoms with van der Waals surface area (Å²) in [5.74, 6) is -0.245. The van der Waals surface area contributed by atoms with Gasteiger partial charge in [-0.05, 0) is 35.9 Å². The average Bonchev–Trinajstić information content (AvgIpc) is 2.45. The summed E-state index contributed by atoms with van der Waals surface area (Å²) in [4.78, 5) is 11.5. The van der Waals surface area contributed by atoms with Gasteiger partial charge in [0.2, 0.25) is 0 Å². The predicted octanol–water partition coefficient (Wildman–Crippen LogP) is 3.52. The first-order valence-electron chi connectivity index (χ1n) is 5.88. The quantitative estimate of drug-likeness (QED) is 0.868. The second kappa shape index (κ2) is 6.43. The van der Waals surface area contributed by atoms with Crippen molar-refractivity contribution in [2.24, 2.45) is 0 Å². The van der Waals surface area contributed by atoms with Crippen LogP contribution in [0.5, 0.6) is 11.5 Å². The van der Waals surface area contributed by atoms with Crippen LogP contribution in [0.1, 0.15) is 15.9 Å². The first kappa shape index (κ1) is 14.4. The lowest BCUT2D eigenvalue weighted by Gasteiger charge is -2.09. The number of methoxy groups -OCH3 is 1. The highest BCUT2D eigenvalue weighted by Crippen LogP contribution is 2.24. The minimum absolute atomic E-state index is 0.0826. The van der Waals surface area contributed by atoms with Gasteiger partial charge in [0.1, 0.15) is 23.7 Å². The van der Waals surface area contributed by atoms with E-state index in [1.165, 1.54) is 19.2 Å². The molecule has 1 N–H and O–H groups in total. The van der Waals surface area contributed by atoms with Crippen LogP contribution in [0.2, 0.25) is 0 Å². The van der Waals surface area contributed by atoms with Gasteiger partial charge >= 0.3 is 5.97 Å². The molecule has 2 aromatic carbocycles. The molecule has 2 aromatic rings. The van der Waals surface area contributed by atoms with Gasteiger partial charge < -0.3 is 14.6 Å². The number of phenolic OH excluding ortho intramolecular Hbond substituents is 1. The molecule has 0 aliphatic rings. The molecular weight excluding hydrogens is 324 g/mol. The van der Waals surface area contributed by atoms with Crippen molar-refractivity contribution in [3.8, 4) is 11.5 Å². The second-order valence-electron chi connectivity index (χ2n) is 4.09. The van der Waals surface area contributed by atoms with Gasteiger partial charge in [0.15, 0.2) is 0 Å². The van der Waals surface area contributed by atoms with Gasteiger partial charge in [-0.25, -0.2) is 4.79 Å². The van der Waals surface area contributed by atoms with Gasteiger partial charge in [0.25, 0.3) is 0 Å². The molecule has 2 rings (SSSR count). The number of benzene rings is 2. The number of hydrogen-bond donors (Lipinski definition) is 1. The van der Waals surface area contributed by atoms with Crippen molar-refractivity contribution < 1.29 is 19.4 Å². The fourth-order valence-corrected chi connectivity index (χ4v) is 2.12. The summed E-state index contributed by atoms with van der Waals surface area (Å²) in [6, 6.07) is 12.2. The van der Waals surface area contributed by atoms with Gasteiger partial charge in [0, 0.05) is 4.47 Å². The minimum Gasteiger partial charge on any atom is -0.507 e. The van der Waals surface area contributed by atoms with Crippen molar-refractivity contribution in [3.05, 3.63) is 58.1 Å². The lowest BCUT2D eigenvalue weighted by Crippen LogP contribution is -2.03. The Morgan fingerprint density at radius 2 is 2.05 bits per heavy atom. The number of carbonyl (C=O) groups excluding carboxylic acids is 1. The molecule has 20 heavy (non-hydrogen) atoms. The third-order valence-electron chi connectivity index (χ3n) is 2.67. The summed E-state index contributed by atoms with van der Waals surface area (Å²) in [6.45, 7) is 0.366. The molecular formula is C15H13BrO4. The lowest BCUT2D eigenvalue weighted by atomic mass is 10.2. The SMILES string of the molecule is COC(=O)c1cc(OCc2cccc(Br)c2)ccc1O. The Bertz CT molecular complexity index is 625. The molecule has 0 unspecified atom stereocenters. The van der Waals surface area contributed by atoms with Gasteiger partial charge in [-0.2, -0.15) is 0 Å². The van der Waals surface area contributed by atoms with E-state index in [0.29, 0.717) is 12.4 Å². The van der Waals surface area contributed by atoms with Crippen LogP contribution in [0.4, 0.5) is 0 Å². The number of aromatic hydroxyl groups is 1. The van der Waals surface area contributed by atoms with E-state index in [4.69, 9.17) is 4.74 Å². The number of hydrogen-bond acceptors (Lipinski definition) is 4. The van der Waals surface area contributed by atoms with E-state index in [9.17, 15) is 9.90 Å². The van der Waals surface area contributed by atoms with Gasteiger partial charge in [-0.3, -0.25) is 0 Å². The van der Waals surface area contributed by atoms with Crippen LogP contribution < -0.4 is 4.74 Å². The number of phenols is 1. The van der Waals surface area contributed by atoms with Crippen LogP contribution in [0.3, 0.4) is 0 Å². The first-order chi connectivity index (χ1) is 9.60. The highest BCUT2D eigenvalue weighted by Gasteiger charge is 2.12. The first-order valence-corrected chi connectivity index (χ1v) is 6.68. The molecule has 104 valence electrons. The lowest BCUT2D eigenvalue weighted by molar-refractivity contribution is 0.0597. The molecule has 0 bridgehead atoms. The van der Waals surface area contributed by atoms with Crippen molar-refractivity contribution in [1.82, 2.24) is 0 Å². The molecule has 0 fully saturated rings. The van der Waals surface area contributed by atoms with Crippen molar-refractivity contribution >= 4 is 21.9 Å². The van der Waals surface area contributed by atoms with E-state index in [-0.39, 0.29) is 11.3 Å². The highest BCUT2D eigenvalue weighted by atomic mass is 79.9. The van der Waals surface area contributed by atoms with E-state index in [1.54, 1.807) is 6.07 Å². The monoisotopic (exact) mass is 336 g/mol. The fourth-order valence-electron chi connectivity index (χ4n) is 1.67. The summed E-state index contributed by atoms with van der Waals surface area (Å²) < 4.78 is 11.2. The zero-order chi connectivity index (χ0) is 14.5. The number of halogens is 1. The second-order valence-corrected chi connectivity index (χ2v) is 5.00. The van der Waals surface area contributed by atoms with Crippen molar-refractivity contribution in [2.75, 3.05) is 7.11 Å². The molecule has 0 radical (unpaired) electrons. The average molecular weight is 337 g/mol. The Morgan fingerprint density at radius 3 is 2.75 bits per heavy atom. The number of esters is 1. The Labute approximate surface area is 125 Å². The molecule has 0 spiro atoms. The van der Waals surface area contributed by atoms with Crippen molar-refractivity contribution in [2.45, 2.75) is 6.61 Å². The van der Waals surface area contributed by atoms with Gasteiger partial charge in [-0.15, -0.1) is 0 Å². The maximum Gasteiger partial charge on any atom is 0.341 e. The predicted molar refractivity (Wildman–Crippen MR) is 77.9 cm³/mol. The number of ether oxygens (including phenoxy) is 2. The molecule has 0 heterocycles. The Kier molecular flexibility index (Phi) is 4.63. The van der Waals surface area contributed by atoms with Crippen molar-refractivity contribution in [1.29, 1.82) is 0 Å². The maximum atomic E-state index is 11.5. The third kappa shape index (κ3) is 3.51. The smallest absolute Gasteiger partial charge is 0.341 e. The molecule has 5 heteroatoms.